The van der Waals surface area contributed by atoms with Gasteiger partial charge in [0.15, 0.2) is 0 Å². The van der Waals surface area contributed by atoms with Gasteiger partial charge in [-0.15, -0.1) is 11.3 Å². The molecule has 1 fully saturated rings. The third kappa shape index (κ3) is 13.7. The molecular formula is C49H77NO11S. The topological polar surface area (TPSA) is 185 Å². The first-order valence-corrected chi connectivity index (χ1v) is 23.3. The molecule has 0 amide bonds. The fourth-order valence-electron chi connectivity index (χ4n) is 8.08. The van der Waals surface area contributed by atoms with E-state index in [0.29, 0.717) is 31.3 Å². The molecule has 0 radical (unpaired) electrons. The van der Waals surface area contributed by atoms with Gasteiger partial charge in [0.25, 0.3) is 0 Å². The van der Waals surface area contributed by atoms with Gasteiger partial charge in [-0.2, -0.15) is 0 Å². The number of nitrogens with zero attached hydrogens (tertiary/aromatic N) is 1. The van der Waals surface area contributed by atoms with Crippen LogP contribution in [-0.4, -0.2) is 98.1 Å². The van der Waals surface area contributed by atoms with Gasteiger partial charge in [-0.25, -0.2) is 9.78 Å². The van der Waals surface area contributed by atoms with Crippen molar-refractivity contribution in [2.75, 3.05) is 7.11 Å². The average Bonchev–Trinajstić information content (AvgIpc) is 3.56. The largest absolute Gasteiger partial charge is 0.456 e. The molecule has 12 nitrogen and oxygen atoms in total. The zero-order valence-electron chi connectivity index (χ0n) is 39.7. The van der Waals surface area contributed by atoms with Crippen LogP contribution in [0.4, 0.5) is 0 Å². The van der Waals surface area contributed by atoms with E-state index >= 15 is 0 Å². The van der Waals surface area contributed by atoms with Crippen LogP contribution in [0.15, 0.2) is 53.0 Å². The number of esters is 2. The number of aromatic nitrogens is 1. The maximum Gasteiger partial charge on any atom is 0.350 e. The van der Waals surface area contributed by atoms with Crippen molar-refractivity contribution in [3.8, 4) is 0 Å². The lowest BCUT2D eigenvalue weighted by Gasteiger charge is -2.38. The van der Waals surface area contributed by atoms with Crippen molar-refractivity contribution in [3.63, 3.8) is 0 Å². The number of thiazole rings is 1. The van der Waals surface area contributed by atoms with Crippen molar-refractivity contribution < 1.29 is 53.8 Å². The number of methoxy groups -OCH3 is 1. The molecule has 15 atom stereocenters. The van der Waals surface area contributed by atoms with E-state index < -0.39 is 82.9 Å². The van der Waals surface area contributed by atoms with Crippen molar-refractivity contribution in [3.05, 3.63) is 63.7 Å². The Kier molecular flexibility index (Phi) is 19.5. The molecule has 1 saturated heterocycles. The van der Waals surface area contributed by atoms with Crippen molar-refractivity contribution in [2.24, 2.45) is 35.5 Å². The Labute approximate surface area is 374 Å². The highest BCUT2D eigenvalue weighted by atomic mass is 32.1. The SMILES string of the molecule is CC[C@@H](C)C(=O)O[C@@]1(C)C(=O)O[C@H]([C@](C)(O)C=C(C)Cc2csc([C@@]3(C)O[C@@H]3C)n2)CC=CC=C(C)[C@@H](OC)[C@@H](O)[C@H](O)[C@@H](C)CC=C[C@H](C)C(=O)[C@H](C)[C@@H](O)C[C@@H](C)C[C@@H]1C. The molecule has 13 heteroatoms. The predicted octanol–water partition coefficient (Wildman–Crippen LogP) is 7.76. The average molecular weight is 888 g/mol. The van der Waals surface area contributed by atoms with E-state index in [2.05, 4.69) is 0 Å². The summed E-state index contributed by atoms with van der Waals surface area (Å²) in [5.74, 6) is -4.39. The summed E-state index contributed by atoms with van der Waals surface area (Å²) < 4.78 is 23.8. The van der Waals surface area contributed by atoms with Crippen LogP contribution in [0.5, 0.6) is 0 Å². The quantitative estimate of drug-likeness (QED) is 0.108. The zero-order valence-corrected chi connectivity index (χ0v) is 40.5. The third-order valence-electron chi connectivity index (χ3n) is 13.3. The summed E-state index contributed by atoms with van der Waals surface area (Å²) in [4.78, 5) is 46.3. The van der Waals surface area contributed by atoms with E-state index in [1.54, 1.807) is 78.8 Å². The third-order valence-corrected chi connectivity index (χ3v) is 14.4. The highest BCUT2D eigenvalue weighted by Crippen LogP contribution is 2.46. The molecule has 3 heterocycles. The number of epoxide rings is 1. The Morgan fingerprint density at radius 3 is 2.31 bits per heavy atom. The predicted molar refractivity (Wildman–Crippen MR) is 242 cm³/mol. The molecule has 0 saturated carbocycles. The van der Waals surface area contributed by atoms with Crippen LogP contribution in [-0.2, 0) is 45.4 Å². The number of allylic oxidation sites excluding steroid dienone is 5. The van der Waals surface area contributed by atoms with Gasteiger partial charge in [-0.1, -0.05) is 90.5 Å². The van der Waals surface area contributed by atoms with Crippen molar-refractivity contribution >= 4 is 29.1 Å². The van der Waals surface area contributed by atoms with Crippen LogP contribution in [0.25, 0.3) is 0 Å². The maximum absolute atomic E-state index is 14.6. The Hall–Kier alpha value is -3.04. The molecular weight excluding hydrogens is 811 g/mol. The summed E-state index contributed by atoms with van der Waals surface area (Å²) in [5.41, 5.74) is -1.67. The molecule has 0 aliphatic carbocycles. The first kappa shape index (κ1) is 53.3. The first-order chi connectivity index (χ1) is 28.8. The smallest absolute Gasteiger partial charge is 0.350 e. The van der Waals surface area contributed by atoms with Gasteiger partial charge < -0.3 is 39.4 Å². The van der Waals surface area contributed by atoms with Gasteiger partial charge in [-0.05, 0) is 84.6 Å². The summed E-state index contributed by atoms with van der Waals surface area (Å²) >= 11 is 1.53. The van der Waals surface area contributed by atoms with Gasteiger partial charge in [0.05, 0.1) is 29.9 Å². The number of aliphatic hydroxyl groups excluding tert-OH is 3. The first-order valence-electron chi connectivity index (χ1n) is 22.4. The molecule has 1 aromatic heterocycles. The fourth-order valence-corrected chi connectivity index (χ4v) is 9.08. The second-order valence-corrected chi connectivity index (χ2v) is 19.9. The van der Waals surface area contributed by atoms with E-state index in [9.17, 15) is 34.8 Å². The van der Waals surface area contributed by atoms with Crippen LogP contribution in [0.2, 0.25) is 0 Å². The minimum atomic E-state index is -1.78. The van der Waals surface area contributed by atoms with Crippen molar-refractivity contribution in [1.29, 1.82) is 0 Å². The van der Waals surface area contributed by atoms with E-state index in [1.807, 2.05) is 53.0 Å². The van der Waals surface area contributed by atoms with E-state index in [4.69, 9.17) is 23.9 Å². The number of carbonyl (C=O) groups excluding carboxylic acids is 3. The molecule has 4 N–H and O–H groups in total. The Morgan fingerprint density at radius 2 is 1.71 bits per heavy atom. The number of cyclic esters (lactones) is 1. The highest BCUT2D eigenvalue weighted by molar-refractivity contribution is 7.09. The number of aliphatic hydroxyl groups is 4. The number of carbonyl (C=O) groups is 3. The summed E-state index contributed by atoms with van der Waals surface area (Å²) in [5, 5.41) is 48.7. The molecule has 0 bridgehead atoms. The van der Waals surface area contributed by atoms with Crippen molar-refractivity contribution in [2.45, 2.75) is 182 Å². The van der Waals surface area contributed by atoms with Crippen LogP contribution in [0.1, 0.15) is 133 Å². The zero-order chi connectivity index (χ0) is 46.9. The number of ether oxygens (including phenoxy) is 4. The monoisotopic (exact) mass is 888 g/mol. The molecule has 2 aliphatic heterocycles. The summed E-state index contributed by atoms with van der Waals surface area (Å²) in [6.45, 7) is 23.4. The van der Waals surface area contributed by atoms with E-state index in [1.165, 1.54) is 18.4 Å². The highest BCUT2D eigenvalue weighted by Gasteiger charge is 2.53. The van der Waals surface area contributed by atoms with Crippen LogP contribution < -0.4 is 0 Å². The molecule has 2 aliphatic rings. The number of hydrogen-bond donors (Lipinski definition) is 4. The molecule has 0 spiro atoms. The lowest BCUT2D eigenvalue weighted by molar-refractivity contribution is -0.199. The summed E-state index contributed by atoms with van der Waals surface area (Å²) in [7, 11) is 1.45. The molecule has 1 aromatic rings. The number of Topliss-reactive ketones (excluding diaryl/α,β-unsaturated/α-hetero) is 1. The molecule has 0 aromatic carbocycles. The molecule has 3 rings (SSSR count). The Balaban J connectivity index is 2.09. The molecule has 350 valence electrons. The van der Waals surface area contributed by atoms with Crippen LogP contribution in [0, 0.1) is 35.5 Å². The van der Waals surface area contributed by atoms with Gasteiger partial charge >= 0.3 is 11.9 Å². The van der Waals surface area contributed by atoms with Gasteiger partial charge in [0.1, 0.15) is 40.3 Å². The second kappa shape index (κ2) is 22.7. The van der Waals surface area contributed by atoms with E-state index in [0.717, 1.165) is 16.3 Å². The van der Waals surface area contributed by atoms with E-state index in [-0.39, 0.29) is 36.6 Å². The van der Waals surface area contributed by atoms with Gasteiger partial charge in [0, 0.05) is 43.1 Å². The standard InChI is InChI=1S/C49H77NO11S/c1-15-30(4)44(55)61-48(12)34(8)23-28(2)25-38(51)35(9)40(52)31(5)20-18-21-32(6)41(53)42(54)43(58-14)33(7)19-16-17-22-39(59-46(48)56)47(11,57)26-29(3)24-37-27-62-45(50-37)49(13)36(10)60-49/h16-20,26-28,30-32,34-36,38-39,41-43,51,53-54,57H,15,21-25H2,1-14H3/t28-,30+,31-,32-,34-,35+,36+,38-,39-,41+,42-,43+,47+,48+,49-/m0/s1. The lowest BCUT2D eigenvalue weighted by Crippen LogP contribution is -2.52. The number of ketones is 1. The number of rotatable bonds is 9. The van der Waals surface area contributed by atoms with Crippen molar-refractivity contribution in [1.82, 2.24) is 4.98 Å². The number of hydrogen-bond acceptors (Lipinski definition) is 13. The molecule has 0 unspecified atom stereocenters. The van der Waals surface area contributed by atoms with Crippen LogP contribution in [0.3, 0.4) is 0 Å². The Bertz CT molecular complexity index is 1780. The lowest BCUT2D eigenvalue weighted by atomic mass is 9.79. The summed E-state index contributed by atoms with van der Waals surface area (Å²) in [6.07, 6.45) is 7.08. The fraction of sp³-hybridized carbons (Fsp3) is 0.714. The Morgan fingerprint density at radius 1 is 1.06 bits per heavy atom. The summed E-state index contributed by atoms with van der Waals surface area (Å²) in [6, 6.07) is 0. The van der Waals surface area contributed by atoms with Gasteiger partial charge in [0.2, 0.25) is 5.60 Å². The molecule has 62 heavy (non-hydrogen) atoms. The van der Waals surface area contributed by atoms with Crippen LogP contribution >= 0.6 is 11.3 Å². The van der Waals surface area contributed by atoms with Gasteiger partial charge in [-0.3, -0.25) is 9.59 Å². The minimum absolute atomic E-state index is 0.0453. The maximum atomic E-state index is 14.6. The second-order valence-electron chi connectivity index (χ2n) is 19.0. The minimum Gasteiger partial charge on any atom is -0.456 e. The normalized spacial score (nSPS) is 36.8.